The SMILES string of the molecule is O=C1NC(=O)C(c2cn(CCCN3CCCCC3)c3cc(OCc4ccccc4)ccc23)=C1c1c[nH]c2ccccc12. The van der Waals surface area contributed by atoms with Crippen molar-refractivity contribution in [2.75, 3.05) is 19.6 Å². The molecule has 2 amide bonds. The third-order valence-corrected chi connectivity index (χ3v) is 8.48. The number of carbonyl (C=O) groups is 2. The summed E-state index contributed by atoms with van der Waals surface area (Å²) < 4.78 is 8.41. The Bertz CT molecular complexity index is 1810. The maximum atomic E-state index is 13.4. The van der Waals surface area contributed by atoms with Crippen molar-refractivity contribution in [2.24, 2.45) is 0 Å². The van der Waals surface area contributed by atoms with E-state index in [4.69, 9.17) is 4.74 Å². The number of H-pyrrole nitrogens is 1. The van der Waals surface area contributed by atoms with Crippen molar-refractivity contribution >= 4 is 44.8 Å². The average Bonchev–Trinajstić information content (AvgIpc) is 3.69. The monoisotopic (exact) mass is 558 g/mol. The van der Waals surface area contributed by atoms with Crippen LogP contribution in [-0.4, -0.2) is 45.9 Å². The molecule has 2 aliphatic rings. The van der Waals surface area contributed by atoms with Crippen LogP contribution in [0.2, 0.25) is 0 Å². The molecule has 0 unspecified atom stereocenters. The quantitative estimate of drug-likeness (QED) is 0.213. The molecular formula is C35H34N4O3. The summed E-state index contributed by atoms with van der Waals surface area (Å²) in [5.41, 5.74) is 5.35. The van der Waals surface area contributed by atoms with Crippen LogP contribution in [0.3, 0.4) is 0 Å². The minimum atomic E-state index is -0.367. The molecule has 3 aromatic carbocycles. The van der Waals surface area contributed by atoms with E-state index in [1.165, 1.54) is 19.3 Å². The fourth-order valence-electron chi connectivity index (χ4n) is 6.38. The molecular weight excluding hydrogens is 524 g/mol. The van der Waals surface area contributed by atoms with Crippen LogP contribution in [0.15, 0.2) is 85.2 Å². The molecule has 0 saturated carbocycles. The van der Waals surface area contributed by atoms with Gasteiger partial charge in [-0.1, -0.05) is 55.0 Å². The van der Waals surface area contributed by atoms with Gasteiger partial charge < -0.3 is 19.2 Å². The number of nitrogens with zero attached hydrogens (tertiary/aromatic N) is 2. The van der Waals surface area contributed by atoms with E-state index < -0.39 is 0 Å². The lowest BCUT2D eigenvalue weighted by atomic mass is 9.95. The number of hydrogen-bond donors (Lipinski definition) is 2. The molecule has 1 saturated heterocycles. The molecule has 7 rings (SSSR count). The number of imide groups is 1. The molecule has 2 aromatic heterocycles. The minimum absolute atomic E-state index is 0.364. The second kappa shape index (κ2) is 11.3. The van der Waals surface area contributed by atoms with Crippen LogP contribution in [0.1, 0.15) is 42.4 Å². The van der Waals surface area contributed by atoms with Gasteiger partial charge in [-0.15, -0.1) is 0 Å². The van der Waals surface area contributed by atoms with E-state index in [0.717, 1.165) is 76.8 Å². The summed E-state index contributed by atoms with van der Waals surface area (Å²) in [5.74, 6) is 0.0386. The number of piperidine rings is 1. The van der Waals surface area contributed by atoms with Gasteiger partial charge in [-0.2, -0.15) is 0 Å². The first-order valence-corrected chi connectivity index (χ1v) is 14.8. The summed E-state index contributed by atoms with van der Waals surface area (Å²) in [5, 5.41) is 4.41. The highest BCUT2D eigenvalue weighted by atomic mass is 16.5. The lowest BCUT2D eigenvalue weighted by molar-refractivity contribution is -0.122. The maximum absolute atomic E-state index is 13.4. The number of likely N-dealkylation sites (tertiary alicyclic amines) is 1. The summed E-state index contributed by atoms with van der Waals surface area (Å²) in [6.07, 6.45) is 8.73. The fourth-order valence-corrected chi connectivity index (χ4v) is 6.38. The van der Waals surface area contributed by atoms with Gasteiger partial charge >= 0.3 is 0 Å². The molecule has 2 aliphatic heterocycles. The second-order valence-corrected chi connectivity index (χ2v) is 11.2. The van der Waals surface area contributed by atoms with E-state index in [1.54, 1.807) is 0 Å². The summed E-state index contributed by atoms with van der Waals surface area (Å²) in [6, 6.07) is 24.0. The molecule has 0 spiro atoms. The highest BCUT2D eigenvalue weighted by molar-refractivity contribution is 6.50. The number of amides is 2. The molecule has 5 aromatic rings. The van der Waals surface area contributed by atoms with Gasteiger partial charge in [-0.05, 0) is 62.7 Å². The maximum Gasteiger partial charge on any atom is 0.259 e. The first-order chi connectivity index (χ1) is 20.7. The van der Waals surface area contributed by atoms with Crippen molar-refractivity contribution in [3.63, 3.8) is 0 Å². The predicted molar refractivity (Wildman–Crippen MR) is 166 cm³/mol. The number of rotatable bonds is 9. The van der Waals surface area contributed by atoms with Gasteiger partial charge in [0.15, 0.2) is 0 Å². The zero-order valence-corrected chi connectivity index (χ0v) is 23.6. The predicted octanol–water partition coefficient (Wildman–Crippen LogP) is 6.14. The van der Waals surface area contributed by atoms with Crippen molar-refractivity contribution in [2.45, 2.75) is 38.8 Å². The van der Waals surface area contributed by atoms with Crippen molar-refractivity contribution in [1.29, 1.82) is 0 Å². The Labute approximate surface area is 244 Å². The number of aromatic amines is 1. The Hall–Kier alpha value is -4.62. The number of aryl methyl sites for hydroxylation is 1. The number of aromatic nitrogens is 2. The van der Waals surface area contributed by atoms with E-state index in [0.29, 0.717) is 17.8 Å². The molecule has 4 heterocycles. The molecule has 0 radical (unpaired) electrons. The minimum Gasteiger partial charge on any atom is -0.489 e. The van der Waals surface area contributed by atoms with Crippen molar-refractivity contribution < 1.29 is 14.3 Å². The van der Waals surface area contributed by atoms with Crippen LogP contribution in [0.4, 0.5) is 0 Å². The average molecular weight is 559 g/mol. The van der Waals surface area contributed by atoms with E-state index in [1.807, 2.05) is 79.1 Å². The topological polar surface area (TPSA) is 79.4 Å². The van der Waals surface area contributed by atoms with E-state index in [-0.39, 0.29) is 11.8 Å². The molecule has 42 heavy (non-hydrogen) atoms. The third kappa shape index (κ3) is 5.01. The standard InChI is InChI=1S/C35H34N4O3/c40-34-32(28-21-36-30-13-6-5-12-26(28)30)33(35(41)37-34)29-22-39(19-9-18-38-16-7-2-8-17-38)31-20-25(14-15-27(29)31)42-23-24-10-3-1-4-11-24/h1,3-6,10-15,20-22,36H,2,7-9,16-19,23H2,(H,37,40,41). The lowest BCUT2D eigenvalue weighted by Gasteiger charge is -2.26. The van der Waals surface area contributed by atoms with Crippen LogP contribution in [-0.2, 0) is 22.7 Å². The lowest BCUT2D eigenvalue weighted by Crippen LogP contribution is -2.31. The summed E-state index contributed by atoms with van der Waals surface area (Å²) in [4.78, 5) is 32.4. The zero-order valence-electron chi connectivity index (χ0n) is 23.6. The zero-order chi connectivity index (χ0) is 28.5. The first-order valence-electron chi connectivity index (χ1n) is 14.8. The Morgan fingerprint density at radius 2 is 1.52 bits per heavy atom. The number of nitrogens with one attached hydrogen (secondary N) is 2. The van der Waals surface area contributed by atoms with Gasteiger partial charge in [0.25, 0.3) is 11.8 Å². The largest absolute Gasteiger partial charge is 0.489 e. The van der Waals surface area contributed by atoms with Gasteiger partial charge in [0.1, 0.15) is 12.4 Å². The number of para-hydroxylation sites is 1. The second-order valence-electron chi connectivity index (χ2n) is 11.2. The number of hydrogen-bond acceptors (Lipinski definition) is 4. The molecule has 0 bridgehead atoms. The van der Waals surface area contributed by atoms with Crippen LogP contribution in [0.5, 0.6) is 5.75 Å². The van der Waals surface area contributed by atoms with Gasteiger partial charge in [0.2, 0.25) is 0 Å². The fraction of sp³-hybridized carbons (Fsp3) is 0.257. The number of benzene rings is 3. The Morgan fingerprint density at radius 1 is 0.762 bits per heavy atom. The Balaban J connectivity index is 1.29. The van der Waals surface area contributed by atoms with Crippen LogP contribution >= 0.6 is 0 Å². The molecule has 0 atom stereocenters. The van der Waals surface area contributed by atoms with Crippen LogP contribution in [0.25, 0.3) is 33.0 Å². The highest BCUT2D eigenvalue weighted by Gasteiger charge is 2.35. The molecule has 1 fully saturated rings. The highest BCUT2D eigenvalue weighted by Crippen LogP contribution is 2.39. The van der Waals surface area contributed by atoms with Crippen molar-refractivity contribution in [3.8, 4) is 5.75 Å². The normalized spacial score (nSPS) is 16.1. The van der Waals surface area contributed by atoms with E-state index in [9.17, 15) is 9.59 Å². The third-order valence-electron chi connectivity index (χ3n) is 8.48. The molecule has 7 heteroatoms. The number of ether oxygens (including phenoxy) is 1. The van der Waals surface area contributed by atoms with Gasteiger partial charge in [-0.25, -0.2) is 0 Å². The number of carbonyl (C=O) groups excluding carboxylic acids is 2. The van der Waals surface area contributed by atoms with E-state index >= 15 is 0 Å². The molecule has 0 aliphatic carbocycles. The van der Waals surface area contributed by atoms with Crippen LogP contribution < -0.4 is 10.1 Å². The van der Waals surface area contributed by atoms with Crippen LogP contribution in [0, 0.1) is 0 Å². The summed E-state index contributed by atoms with van der Waals surface area (Å²) in [6.45, 7) is 4.65. The van der Waals surface area contributed by atoms with E-state index in [2.05, 4.69) is 25.8 Å². The molecule has 2 N–H and O–H groups in total. The Morgan fingerprint density at radius 3 is 2.36 bits per heavy atom. The van der Waals surface area contributed by atoms with Gasteiger partial charge in [0.05, 0.1) is 16.7 Å². The van der Waals surface area contributed by atoms with Gasteiger partial charge in [0, 0.05) is 52.4 Å². The summed E-state index contributed by atoms with van der Waals surface area (Å²) in [7, 11) is 0. The molecule has 7 nitrogen and oxygen atoms in total. The number of fused-ring (bicyclic) bond motifs is 2. The Kier molecular flexibility index (Phi) is 7.10. The molecule has 212 valence electrons. The first kappa shape index (κ1) is 26.3. The van der Waals surface area contributed by atoms with Gasteiger partial charge in [-0.3, -0.25) is 14.9 Å². The van der Waals surface area contributed by atoms with Crippen molar-refractivity contribution in [1.82, 2.24) is 19.8 Å². The van der Waals surface area contributed by atoms with Crippen molar-refractivity contribution in [3.05, 3.63) is 102 Å². The smallest absolute Gasteiger partial charge is 0.259 e. The summed E-state index contributed by atoms with van der Waals surface area (Å²) >= 11 is 0.